The SMILES string of the molecule is Cc1cccc(CN2CC3(C2)OCC[C@H]3CCOc2cccnc2)n1. The average Bonchev–Trinajstić information content (AvgIpc) is 2.99. The van der Waals surface area contributed by atoms with Gasteiger partial charge in [-0.25, -0.2) is 0 Å². The Kier molecular flexibility index (Phi) is 4.68. The fourth-order valence-corrected chi connectivity index (χ4v) is 4.03. The molecule has 2 fully saturated rings. The molecule has 0 radical (unpaired) electrons. The van der Waals surface area contributed by atoms with Crippen molar-refractivity contribution in [1.29, 1.82) is 0 Å². The molecule has 2 aromatic rings. The summed E-state index contributed by atoms with van der Waals surface area (Å²) in [6.45, 7) is 6.54. The van der Waals surface area contributed by atoms with Crippen molar-refractivity contribution in [2.75, 3.05) is 26.3 Å². The Morgan fingerprint density at radius 2 is 2.20 bits per heavy atom. The fraction of sp³-hybridized carbons (Fsp3) is 0.500. The monoisotopic (exact) mass is 339 g/mol. The number of pyridine rings is 2. The molecule has 0 N–H and O–H groups in total. The van der Waals surface area contributed by atoms with Crippen LogP contribution in [-0.2, 0) is 11.3 Å². The summed E-state index contributed by atoms with van der Waals surface area (Å²) in [6.07, 6.45) is 5.69. The molecule has 0 saturated carbocycles. The molecule has 2 aliphatic heterocycles. The Bertz CT molecular complexity index is 701. The molecule has 5 nitrogen and oxygen atoms in total. The van der Waals surface area contributed by atoms with E-state index in [0.717, 1.165) is 62.8 Å². The van der Waals surface area contributed by atoms with Crippen LogP contribution in [0.2, 0.25) is 0 Å². The fourth-order valence-electron chi connectivity index (χ4n) is 4.03. The van der Waals surface area contributed by atoms with Gasteiger partial charge in [0.25, 0.3) is 0 Å². The van der Waals surface area contributed by atoms with E-state index in [1.165, 1.54) is 0 Å². The Balaban J connectivity index is 1.27. The number of hydrogen-bond donors (Lipinski definition) is 0. The molecular weight excluding hydrogens is 314 g/mol. The van der Waals surface area contributed by atoms with Gasteiger partial charge < -0.3 is 9.47 Å². The number of likely N-dealkylation sites (tertiary alicyclic amines) is 1. The summed E-state index contributed by atoms with van der Waals surface area (Å²) < 4.78 is 12.0. The Morgan fingerprint density at radius 1 is 1.28 bits per heavy atom. The lowest BCUT2D eigenvalue weighted by Crippen LogP contribution is -2.64. The third-order valence-corrected chi connectivity index (χ3v) is 5.28. The highest BCUT2D eigenvalue weighted by molar-refractivity contribution is 5.15. The van der Waals surface area contributed by atoms with Crippen molar-refractivity contribution in [2.24, 2.45) is 5.92 Å². The summed E-state index contributed by atoms with van der Waals surface area (Å²) in [7, 11) is 0. The van der Waals surface area contributed by atoms with Gasteiger partial charge >= 0.3 is 0 Å². The zero-order valence-corrected chi connectivity index (χ0v) is 14.7. The van der Waals surface area contributed by atoms with Crippen molar-refractivity contribution in [3.8, 4) is 5.75 Å². The normalized spacial score (nSPS) is 22.0. The molecular formula is C20H25N3O2. The minimum Gasteiger partial charge on any atom is -0.492 e. The predicted molar refractivity (Wildman–Crippen MR) is 95.4 cm³/mol. The zero-order chi connectivity index (χ0) is 17.1. The second kappa shape index (κ2) is 7.10. The second-order valence-electron chi connectivity index (χ2n) is 7.14. The zero-order valence-electron chi connectivity index (χ0n) is 14.7. The first-order chi connectivity index (χ1) is 12.2. The number of rotatable bonds is 6. The maximum Gasteiger partial charge on any atom is 0.137 e. The van der Waals surface area contributed by atoms with Crippen LogP contribution < -0.4 is 4.74 Å². The van der Waals surface area contributed by atoms with Crippen molar-refractivity contribution < 1.29 is 9.47 Å². The van der Waals surface area contributed by atoms with Gasteiger partial charge in [0.15, 0.2) is 0 Å². The number of aryl methyl sites for hydroxylation is 1. The third kappa shape index (κ3) is 3.67. The van der Waals surface area contributed by atoms with Crippen LogP contribution in [0.4, 0.5) is 0 Å². The largest absolute Gasteiger partial charge is 0.492 e. The molecule has 0 unspecified atom stereocenters. The van der Waals surface area contributed by atoms with E-state index in [9.17, 15) is 0 Å². The smallest absolute Gasteiger partial charge is 0.137 e. The summed E-state index contributed by atoms with van der Waals surface area (Å²) in [6, 6.07) is 10.1. The van der Waals surface area contributed by atoms with E-state index in [4.69, 9.17) is 9.47 Å². The summed E-state index contributed by atoms with van der Waals surface area (Å²) >= 11 is 0. The lowest BCUT2D eigenvalue weighted by molar-refractivity contribution is -0.138. The first-order valence-corrected chi connectivity index (χ1v) is 9.05. The van der Waals surface area contributed by atoms with E-state index in [2.05, 4.69) is 27.0 Å². The molecule has 2 aromatic heterocycles. The van der Waals surface area contributed by atoms with Gasteiger partial charge in [0.1, 0.15) is 5.75 Å². The van der Waals surface area contributed by atoms with Gasteiger partial charge in [0, 0.05) is 38.1 Å². The highest BCUT2D eigenvalue weighted by Crippen LogP contribution is 2.42. The van der Waals surface area contributed by atoms with Crippen molar-refractivity contribution in [2.45, 2.75) is 31.9 Å². The lowest BCUT2D eigenvalue weighted by atomic mass is 9.79. The molecule has 0 amide bonds. The van der Waals surface area contributed by atoms with Crippen LogP contribution in [0.25, 0.3) is 0 Å². The van der Waals surface area contributed by atoms with Gasteiger partial charge in [-0.05, 0) is 49.9 Å². The maximum absolute atomic E-state index is 6.15. The van der Waals surface area contributed by atoms with Gasteiger partial charge in [-0.1, -0.05) is 6.07 Å². The molecule has 1 atom stereocenters. The molecule has 5 heteroatoms. The van der Waals surface area contributed by atoms with Gasteiger partial charge in [-0.2, -0.15) is 0 Å². The summed E-state index contributed by atoms with van der Waals surface area (Å²) in [5.74, 6) is 1.42. The molecule has 2 saturated heterocycles. The van der Waals surface area contributed by atoms with Crippen LogP contribution in [0.15, 0.2) is 42.7 Å². The molecule has 25 heavy (non-hydrogen) atoms. The van der Waals surface area contributed by atoms with Crippen molar-refractivity contribution >= 4 is 0 Å². The van der Waals surface area contributed by atoms with Gasteiger partial charge in [0.2, 0.25) is 0 Å². The summed E-state index contributed by atoms with van der Waals surface area (Å²) in [4.78, 5) is 11.1. The van der Waals surface area contributed by atoms with Crippen LogP contribution >= 0.6 is 0 Å². The van der Waals surface area contributed by atoms with Crippen LogP contribution in [0.1, 0.15) is 24.2 Å². The van der Waals surface area contributed by atoms with Gasteiger partial charge in [-0.15, -0.1) is 0 Å². The van der Waals surface area contributed by atoms with E-state index in [1.54, 1.807) is 12.4 Å². The second-order valence-corrected chi connectivity index (χ2v) is 7.14. The first kappa shape index (κ1) is 16.5. The standard InChI is InChI=1S/C20H25N3O2/c1-16-4-2-5-18(22-16)13-23-14-20(15-23)17(8-11-25-20)7-10-24-19-6-3-9-21-12-19/h2-6,9,12,17H,7-8,10-11,13-15H2,1H3/t17-/m1/s1. The maximum atomic E-state index is 6.15. The number of hydrogen-bond acceptors (Lipinski definition) is 5. The average molecular weight is 339 g/mol. The van der Waals surface area contributed by atoms with Crippen LogP contribution in [-0.4, -0.2) is 46.8 Å². The van der Waals surface area contributed by atoms with Crippen LogP contribution in [0.3, 0.4) is 0 Å². The first-order valence-electron chi connectivity index (χ1n) is 9.05. The highest BCUT2D eigenvalue weighted by Gasteiger charge is 2.52. The molecule has 0 bridgehead atoms. The summed E-state index contributed by atoms with van der Waals surface area (Å²) in [5, 5.41) is 0. The van der Waals surface area contributed by atoms with E-state index in [0.29, 0.717) is 5.92 Å². The van der Waals surface area contributed by atoms with Crippen molar-refractivity contribution in [3.05, 3.63) is 54.1 Å². The lowest BCUT2D eigenvalue weighted by Gasteiger charge is -2.50. The number of ether oxygens (including phenoxy) is 2. The Labute approximate surface area is 149 Å². The minimum absolute atomic E-state index is 0.0299. The van der Waals surface area contributed by atoms with Gasteiger partial charge in [-0.3, -0.25) is 14.9 Å². The summed E-state index contributed by atoms with van der Waals surface area (Å²) in [5.41, 5.74) is 2.25. The molecule has 4 rings (SSSR count). The van der Waals surface area contributed by atoms with Crippen molar-refractivity contribution in [1.82, 2.24) is 14.9 Å². The molecule has 2 aliphatic rings. The van der Waals surface area contributed by atoms with Crippen LogP contribution in [0, 0.1) is 12.8 Å². The van der Waals surface area contributed by atoms with E-state index in [1.807, 2.05) is 25.1 Å². The molecule has 0 aliphatic carbocycles. The number of aromatic nitrogens is 2. The van der Waals surface area contributed by atoms with E-state index >= 15 is 0 Å². The third-order valence-electron chi connectivity index (χ3n) is 5.28. The molecule has 132 valence electrons. The quantitative estimate of drug-likeness (QED) is 0.810. The van der Waals surface area contributed by atoms with Crippen molar-refractivity contribution in [3.63, 3.8) is 0 Å². The number of nitrogens with zero attached hydrogens (tertiary/aromatic N) is 3. The highest BCUT2D eigenvalue weighted by atomic mass is 16.5. The van der Waals surface area contributed by atoms with Crippen LogP contribution in [0.5, 0.6) is 5.75 Å². The Morgan fingerprint density at radius 3 is 3.00 bits per heavy atom. The molecule has 1 spiro atoms. The van der Waals surface area contributed by atoms with E-state index in [-0.39, 0.29) is 5.60 Å². The van der Waals surface area contributed by atoms with Gasteiger partial charge in [0.05, 0.1) is 24.1 Å². The van der Waals surface area contributed by atoms with E-state index < -0.39 is 0 Å². The predicted octanol–water partition coefficient (Wildman–Crippen LogP) is 2.85. The molecule has 4 heterocycles. The topological polar surface area (TPSA) is 47.5 Å². The Hall–Kier alpha value is -1.98. The minimum atomic E-state index is 0.0299. The molecule has 0 aromatic carbocycles.